The summed E-state index contributed by atoms with van der Waals surface area (Å²) in [5.41, 5.74) is 0. The van der Waals surface area contributed by atoms with Gasteiger partial charge in [0.15, 0.2) is 0 Å². The Kier molecular flexibility index (Phi) is 23.7. The molecule has 0 unspecified atom stereocenters. The third-order valence-electron chi connectivity index (χ3n) is 7.19. The van der Waals surface area contributed by atoms with Crippen LogP contribution in [0.2, 0.25) is 0 Å². The zero-order valence-corrected chi connectivity index (χ0v) is 25.8. The third kappa shape index (κ3) is 15.3. The smallest absolute Gasteiger partial charge is 0.358 e. The molecule has 0 amide bonds. The van der Waals surface area contributed by atoms with Crippen LogP contribution in [0.3, 0.4) is 0 Å². The zero-order valence-electron chi connectivity index (χ0n) is 23.3. The van der Waals surface area contributed by atoms with Crippen molar-refractivity contribution in [2.75, 3.05) is 13.1 Å². The van der Waals surface area contributed by atoms with Crippen LogP contribution in [0, 0.1) is 26.7 Å². The molecule has 0 atom stereocenters. The number of rotatable bonds is 10. The Bertz CT molecular complexity index is 317. The van der Waals surface area contributed by atoms with E-state index >= 15 is 0 Å². The van der Waals surface area contributed by atoms with Crippen LogP contribution < -0.4 is 0 Å². The summed E-state index contributed by atoms with van der Waals surface area (Å²) in [5.74, 6) is 2.07. The van der Waals surface area contributed by atoms with E-state index in [1.54, 1.807) is 0 Å². The molecule has 0 spiro atoms. The van der Waals surface area contributed by atoms with Crippen molar-refractivity contribution in [1.29, 1.82) is 0 Å². The predicted octanol–water partition coefficient (Wildman–Crippen LogP) is 8.27. The second-order valence-corrected chi connectivity index (χ2v) is 10.7. The molecule has 0 aromatic heterocycles. The van der Waals surface area contributed by atoms with Crippen molar-refractivity contribution in [3.63, 3.8) is 0 Å². The van der Waals surface area contributed by atoms with Gasteiger partial charge < -0.3 is 14.9 Å². The molecule has 2 aliphatic carbocycles. The predicted molar refractivity (Wildman–Crippen MR) is 140 cm³/mol. The summed E-state index contributed by atoms with van der Waals surface area (Å²) in [7, 11) is 0. The summed E-state index contributed by atoms with van der Waals surface area (Å²) in [6.07, 6.45) is 14.7. The van der Waals surface area contributed by atoms with Crippen LogP contribution in [0.15, 0.2) is 0 Å². The molecule has 0 heterocycles. The van der Waals surface area contributed by atoms with Crippen molar-refractivity contribution in [2.24, 2.45) is 11.8 Å². The normalized spacial score (nSPS) is 17.2. The second-order valence-electron chi connectivity index (χ2n) is 10.7. The molecule has 2 aliphatic rings. The van der Waals surface area contributed by atoms with Crippen LogP contribution in [0.4, 0.5) is 0 Å². The van der Waals surface area contributed by atoms with Crippen LogP contribution >= 0.6 is 0 Å². The Balaban J connectivity index is -0.000000461. The molecular weight excluding hydrogens is 456 g/mol. The van der Waals surface area contributed by atoms with Gasteiger partial charge in [0.1, 0.15) is 0 Å². The minimum Gasteiger partial charge on any atom is -0.358 e. The summed E-state index contributed by atoms with van der Waals surface area (Å²) in [6.45, 7) is 21.1. The molecule has 0 aromatic rings. The first-order valence-electron chi connectivity index (χ1n) is 12.7. The molecular formula is C28H60N2Zr+2. The SMILES string of the molecule is CC(C)N(CCC1CCCC1)C(C)C.CC(C)N(CCC1CCCC1)C(C)C.[CH3-].[CH3-].[Zr+4]. The van der Waals surface area contributed by atoms with Crippen molar-refractivity contribution >= 4 is 0 Å². The van der Waals surface area contributed by atoms with Crippen molar-refractivity contribution in [2.45, 2.75) is 144 Å². The fourth-order valence-corrected chi connectivity index (χ4v) is 5.49. The summed E-state index contributed by atoms with van der Waals surface area (Å²) in [6, 6.07) is 2.82. The van der Waals surface area contributed by atoms with Gasteiger partial charge in [-0.2, -0.15) is 0 Å². The quantitative estimate of drug-likeness (QED) is 0.270. The van der Waals surface area contributed by atoms with E-state index in [0.29, 0.717) is 24.2 Å². The molecule has 0 aromatic carbocycles. The van der Waals surface area contributed by atoms with E-state index in [9.17, 15) is 0 Å². The molecule has 2 fully saturated rings. The standard InChI is InChI=1S/2C13H27N.2CH3.Zr/c2*1-11(2)14(12(3)4)10-9-13-7-5-6-8-13;;;/h2*11-13H,5-10H2,1-4H3;2*1H3;/q;;2*-1;+4. The molecule has 2 saturated carbocycles. The average molecular weight is 516 g/mol. The van der Waals surface area contributed by atoms with Gasteiger partial charge in [-0.3, -0.25) is 9.80 Å². The number of hydrogen-bond donors (Lipinski definition) is 0. The molecule has 31 heavy (non-hydrogen) atoms. The van der Waals surface area contributed by atoms with E-state index in [0.717, 1.165) is 11.8 Å². The van der Waals surface area contributed by atoms with Gasteiger partial charge in [-0.05, 0) is 93.2 Å². The van der Waals surface area contributed by atoms with E-state index in [4.69, 9.17) is 0 Å². The van der Waals surface area contributed by atoms with E-state index in [1.165, 1.54) is 77.3 Å². The van der Waals surface area contributed by atoms with Gasteiger partial charge >= 0.3 is 26.2 Å². The summed E-state index contributed by atoms with van der Waals surface area (Å²) in [4.78, 5) is 5.25. The van der Waals surface area contributed by atoms with Crippen LogP contribution in [0.5, 0.6) is 0 Å². The Hall–Kier alpha value is 0.803. The molecule has 2 nitrogen and oxygen atoms in total. The minimum atomic E-state index is 0. The molecule has 0 bridgehead atoms. The van der Waals surface area contributed by atoms with Crippen molar-refractivity contribution in [3.05, 3.63) is 14.9 Å². The van der Waals surface area contributed by atoms with Gasteiger partial charge in [-0.15, -0.1) is 0 Å². The maximum atomic E-state index is 2.62. The maximum Gasteiger partial charge on any atom is 4.00 e. The van der Waals surface area contributed by atoms with Crippen LogP contribution in [0.1, 0.15) is 120 Å². The first kappa shape index (κ1) is 36.4. The van der Waals surface area contributed by atoms with Crippen LogP contribution in [-0.2, 0) is 26.2 Å². The topological polar surface area (TPSA) is 6.48 Å². The largest absolute Gasteiger partial charge is 4.00 e. The zero-order chi connectivity index (χ0) is 21.1. The van der Waals surface area contributed by atoms with E-state index in [2.05, 4.69) is 65.2 Å². The molecule has 184 valence electrons. The van der Waals surface area contributed by atoms with Gasteiger partial charge in [0.2, 0.25) is 0 Å². The second kappa shape index (κ2) is 20.2. The first-order chi connectivity index (χ1) is 13.2. The number of hydrogen-bond acceptors (Lipinski definition) is 2. The van der Waals surface area contributed by atoms with Crippen molar-refractivity contribution < 1.29 is 26.2 Å². The van der Waals surface area contributed by atoms with E-state index in [-0.39, 0.29) is 41.1 Å². The Morgan fingerprint density at radius 1 is 0.516 bits per heavy atom. The van der Waals surface area contributed by atoms with Gasteiger partial charge in [0.05, 0.1) is 0 Å². The fraction of sp³-hybridized carbons (Fsp3) is 0.929. The van der Waals surface area contributed by atoms with Crippen LogP contribution in [0.25, 0.3) is 0 Å². The van der Waals surface area contributed by atoms with Crippen molar-refractivity contribution in [3.8, 4) is 0 Å². The molecule has 0 N–H and O–H groups in total. The Labute approximate surface area is 218 Å². The monoisotopic (exact) mass is 514 g/mol. The minimum absolute atomic E-state index is 0. The number of nitrogens with zero attached hydrogens (tertiary/aromatic N) is 2. The van der Waals surface area contributed by atoms with Gasteiger partial charge in [-0.25, -0.2) is 0 Å². The maximum absolute atomic E-state index is 2.62. The first-order valence-corrected chi connectivity index (χ1v) is 12.7. The van der Waals surface area contributed by atoms with Gasteiger partial charge in [-0.1, -0.05) is 51.4 Å². The Morgan fingerprint density at radius 3 is 0.935 bits per heavy atom. The van der Waals surface area contributed by atoms with E-state index in [1.807, 2.05) is 0 Å². The Morgan fingerprint density at radius 2 is 0.742 bits per heavy atom. The van der Waals surface area contributed by atoms with Crippen molar-refractivity contribution in [1.82, 2.24) is 9.80 Å². The summed E-state index contributed by atoms with van der Waals surface area (Å²) in [5, 5.41) is 0. The molecule has 2 rings (SSSR count). The van der Waals surface area contributed by atoms with Gasteiger partial charge in [0, 0.05) is 24.2 Å². The molecule has 0 saturated heterocycles. The fourth-order valence-electron chi connectivity index (χ4n) is 5.49. The average Bonchev–Trinajstić information content (AvgIpc) is 3.28. The van der Waals surface area contributed by atoms with Crippen LogP contribution in [-0.4, -0.2) is 47.1 Å². The summed E-state index contributed by atoms with van der Waals surface area (Å²) < 4.78 is 0. The third-order valence-corrected chi connectivity index (χ3v) is 7.19. The molecule has 0 aliphatic heterocycles. The van der Waals surface area contributed by atoms with Gasteiger partial charge in [0.25, 0.3) is 0 Å². The molecule has 0 radical (unpaired) electrons. The van der Waals surface area contributed by atoms with E-state index < -0.39 is 0 Å². The summed E-state index contributed by atoms with van der Waals surface area (Å²) >= 11 is 0. The molecule has 3 heteroatoms.